The van der Waals surface area contributed by atoms with E-state index in [1.807, 2.05) is 11.8 Å². The molecule has 0 aliphatic carbocycles. The number of carbonyl (C=O) groups excluding carboxylic acids is 2. The predicted octanol–water partition coefficient (Wildman–Crippen LogP) is 1.59. The first-order chi connectivity index (χ1) is 9.60. The Bertz CT molecular complexity index is 514. The van der Waals surface area contributed by atoms with Crippen molar-refractivity contribution in [2.45, 2.75) is 26.7 Å². The minimum atomic E-state index is -0.432. The summed E-state index contributed by atoms with van der Waals surface area (Å²) in [7, 11) is 0. The Hall–Kier alpha value is -2.04. The number of amides is 3. The molecule has 0 unspecified atom stereocenters. The molecule has 20 heavy (non-hydrogen) atoms. The standard InChI is InChI=1S/C15H21N3O2/c1-3-16-15(20)17-14(19)10-18-8-4-5-12-9-11(2)6-7-13(12)18/h6-7,9H,3-5,8,10H2,1-2H3,(H2,16,17,19,20). The van der Waals surface area contributed by atoms with Gasteiger partial charge in [-0.2, -0.15) is 0 Å². The van der Waals surface area contributed by atoms with E-state index in [4.69, 9.17) is 0 Å². The van der Waals surface area contributed by atoms with Gasteiger partial charge in [-0.15, -0.1) is 0 Å². The first-order valence-electron chi connectivity index (χ1n) is 7.02. The molecule has 0 spiro atoms. The number of carbonyl (C=O) groups is 2. The third-order valence-corrected chi connectivity index (χ3v) is 3.37. The molecule has 2 N–H and O–H groups in total. The molecule has 1 aliphatic heterocycles. The van der Waals surface area contributed by atoms with Crippen LogP contribution >= 0.6 is 0 Å². The summed E-state index contributed by atoms with van der Waals surface area (Å²) in [6.45, 7) is 5.45. The van der Waals surface area contributed by atoms with E-state index < -0.39 is 6.03 Å². The first kappa shape index (κ1) is 14.4. The Labute approximate surface area is 119 Å². The van der Waals surface area contributed by atoms with Gasteiger partial charge in [0.15, 0.2) is 0 Å². The average Bonchev–Trinajstić information content (AvgIpc) is 2.38. The van der Waals surface area contributed by atoms with Gasteiger partial charge in [-0.25, -0.2) is 4.79 Å². The number of nitrogens with one attached hydrogen (secondary N) is 2. The molecule has 0 saturated heterocycles. The van der Waals surface area contributed by atoms with Gasteiger partial charge in [0.05, 0.1) is 6.54 Å². The van der Waals surface area contributed by atoms with Crippen molar-refractivity contribution < 1.29 is 9.59 Å². The molecule has 5 heteroatoms. The zero-order chi connectivity index (χ0) is 14.5. The number of fused-ring (bicyclic) bond motifs is 1. The zero-order valence-electron chi connectivity index (χ0n) is 12.0. The molecule has 0 fully saturated rings. The molecule has 0 bridgehead atoms. The van der Waals surface area contributed by atoms with Crippen molar-refractivity contribution in [1.29, 1.82) is 0 Å². The average molecular weight is 275 g/mol. The van der Waals surface area contributed by atoms with Gasteiger partial charge in [0.2, 0.25) is 5.91 Å². The van der Waals surface area contributed by atoms with Gasteiger partial charge in [-0.3, -0.25) is 10.1 Å². The van der Waals surface area contributed by atoms with Crippen molar-refractivity contribution in [2.75, 3.05) is 24.5 Å². The molecule has 0 saturated carbocycles. The van der Waals surface area contributed by atoms with Crippen LogP contribution < -0.4 is 15.5 Å². The van der Waals surface area contributed by atoms with Crippen LogP contribution in [0.15, 0.2) is 18.2 Å². The number of aryl methyl sites for hydroxylation is 2. The molecule has 0 aromatic heterocycles. The van der Waals surface area contributed by atoms with E-state index in [2.05, 4.69) is 35.8 Å². The highest BCUT2D eigenvalue weighted by molar-refractivity contribution is 5.96. The normalized spacial score (nSPS) is 13.6. The maximum absolute atomic E-state index is 11.9. The lowest BCUT2D eigenvalue weighted by Gasteiger charge is -2.30. The summed E-state index contributed by atoms with van der Waals surface area (Å²) < 4.78 is 0. The number of hydrogen-bond donors (Lipinski definition) is 2. The molecule has 2 rings (SSSR count). The van der Waals surface area contributed by atoms with Crippen molar-refractivity contribution in [1.82, 2.24) is 10.6 Å². The summed E-state index contributed by atoms with van der Waals surface area (Å²) in [5.41, 5.74) is 3.62. The third kappa shape index (κ3) is 3.50. The van der Waals surface area contributed by atoms with E-state index in [9.17, 15) is 9.59 Å². The summed E-state index contributed by atoms with van der Waals surface area (Å²) in [4.78, 5) is 25.2. The topological polar surface area (TPSA) is 61.4 Å². The number of nitrogens with zero attached hydrogens (tertiary/aromatic N) is 1. The predicted molar refractivity (Wildman–Crippen MR) is 78.9 cm³/mol. The second-order valence-corrected chi connectivity index (χ2v) is 5.06. The van der Waals surface area contributed by atoms with Crippen molar-refractivity contribution in [2.24, 2.45) is 0 Å². The highest BCUT2D eigenvalue weighted by atomic mass is 16.2. The number of benzene rings is 1. The van der Waals surface area contributed by atoms with Gasteiger partial charge in [-0.1, -0.05) is 17.7 Å². The second-order valence-electron chi connectivity index (χ2n) is 5.06. The van der Waals surface area contributed by atoms with Crippen molar-refractivity contribution in [3.8, 4) is 0 Å². The Balaban J connectivity index is 2.01. The van der Waals surface area contributed by atoms with E-state index in [0.29, 0.717) is 6.54 Å². The van der Waals surface area contributed by atoms with Gasteiger partial charge < -0.3 is 10.2 Å². The van der Waals surface area contributed by atoms with Crippen molar-refractivity contribution in [3.05, 3.63) is 29.3 Å². The molecular weight excluding hydrogens is 254 g/mol. The lowest BCUT2D eigenvalue weighted by molar-refractivity contribution is -0.118. The lowest BCUT2D eigenvalue weighted by Crippen LogP contribution is -2.45. The largest absolute Gasteiger partial charge is 0.362 e. The van der Waals surface area contributed by atoms with Crippen LogP contribution in [-0.4, -0.2) is 31.6 Å². The maximum Gasteiger partial charge on any atom is 0.321 e. The van der Waals surface area contributed by atoms with E-state index in [1.165, 1.54) is 11.1 Å². The van der Waals surface area contributed by atoms with Gasteiger partial charge >= 0.3 is 6.03 Å². The number of urea groups is 1. The highest BCUT2D eigenvalue weighted by Crippen LogP contribution is 2.27. The molecule has 0 radical (unpaired) electrons. The molecule has 0 atom stereocenters. The number of rotatable bonds is 3. The van der Waals surface area contributed by atoms with Crippen LogP contribution in [0.2, 0.25) is 0 Å². The summed E-state index contributed by atoms with van der Waals surface area (Å²) in [5.74, 6) is -0.274. The molecule has 108 valence electrons. The van der Waals surface area contributed by atoms with E-state index in [0.717, 1.165) is 25.1 Å². The Kier molecular flexibility index (Phi) is 4.61. The molecule has 1 heterocycles. The first-order valence-corrected chi connectivity index (χ1v) is 7.02. The van der Waals surface area contributed by atoms with Gasteiger partial charge in [0, 0.05) is 18.8 Å². The monoisotopic (exact) mass is 275 g/mol. The van der Waals surface area contributed by atoms with Crippen molar-refractivity contribution in [3.63, 3.8) is 0 Å². The van der Waals surface area contributed by atoms with Crippen LogP contribution in [0.1, 0.15) is 24.5 Å². The molecule has 5 nitrogen and oxygen atoms in total. The smallest absolute Gasteiger partial charge is 0.321 e. The SMILES string of the molecule is CCNC(=O)NC(=O)CN1CCCc2cc(C)ccc21. The van der Waals surface area contributed by atoms with Crippen LogP contribution in [0.4, 0.5) is 10.5 Å². The van der Waals surface area contributed by atoms with E-state index >= 15 is 0 Å². The van der Waals surface area contributed by atoms with Crippen LogP contribution in [0, 0.1) is 6.92 Å². The number of imide groups is 1. The van der Waals surface area contributed by atoms with Crippen molar-refractivity contribution >= 4 is 17.6 Å². The Morgan fingerprint density at radius 1 is 1.35 bits per heavy atom. The molecule has 1 aromatic carbocycles. The van der Waals surface area contributed by atoms with E-state index in [1.54, 1.807) is 0 Å². The Morgan fingerprint density at radius 2 is 2.15 bits per heavy atom. The van der Waals surface area contributed by atoms with Crippen LogP contribution in [0.3, 0.4) is 0 Å². The van der Waals surface area contributed by atoms with Crippen LogP contribution in [-0.2, 0) is 11.2 Å². The summed E-state index contributed by atoms with van der Waals surface area (Å²) in [5, 5.41) is 4.89. The Morgan fingerprint density at radius 3 is 2.90 bits per heavy atom. The quantitative estimate of drug-likeness (QED) is 0.880. The molecule has 3 amide bonds. The van der Waals surface area contributed by atoms with Crippen LogP contribution in [0.5, 0.6) is 0 Å². The van der Waals surface area contributed by atoms with Gasteiger partial charge in [0.25, 0.3) is 0 Å². The fraction of sp³-hybridized carbons (Fsp3) is 0.467. The third-order valence-electron chi connectivity index (χ3n) is 3.37. The minimum absolute atomic E-state index is 0.215. The second kappa shape index (κ2) is 6.41. The van der Waals surface area contributed by atoms with E-state index in [-0.39, 0.29) is 12.5 Å². The number of anilines is 1. The lowest BCUT2D eigenvalue weighted by atomic mass is 9.99. The summed E-state index contributed by atoms with van der Waals surface area (Å²) >= 11 is 0. The van der Waals surface area contributed by atoms with Crippen LogP contribution in [0.25, 0.3) is 0 Å². The molecule has 1 aromatic rings. The summed E-state index contributed by atoms with van der Waals surface area (Å²) in [6, 6.07) is 5.85. The van der Waals surface area contributed by atoms with Gasteiger partial charge in [-0.05, 0) is 38.3 Å². The fourth-order valence-corrected chi connectivity index (χ4v) is 2.51. The molecule has 1 aliphatic rings. The fourth-order valence-electron chi connectivity index (χ4n) is 2.51. The van der Waals surface area contributed by atoms with Gasteiger partial charge in [0.1, 0.15) is 0 Å². The summed E-state index contributed by atoms with van der Waals surface area (Å²) in [6.07, 6.45) is 2.08. The maximum atomic E-state index is 11.9. The minimum Gasteiger partial charge on any atom is -0.362 e. The highest BCUT2D eigenvalue weighted by Gasteiger charge is 2.19. The number of hydrogen-bond acceptors (Lipinski definition) is 3. The molecular formula is C15H21N3O2. The zero-order valence-corrected chi connectivity index (χ0v) is 12.0.